The molecule has 5 nitrogen and oxygen atoms in total. The largest absolute Gasteiger partial charge is 0.382 e. The Labute approximate surface area is 167 Å². The molecule has 25 heavy (non-hydrogen) atoms. The zero-order valence-electron chi connectivity index (χ0n) is 15.0. The zero-order valence-corrected chi connectivity index (χ0v) is 18.2. The number of thiocarbonyl (C=S) groups is 1. The Bertz CT molecular complexity index is 673. The number of carbonyl (C=O) groups is 1. The lowest BCUT2D eigenvalue weighted by Crippen LogP contribution is -2.49. The highest BCUT2D eigenvalue weighted by Gasteiger charge is 2.35. The summed E-state index contributed by atoms with van der Waals surface area (Å²) in [5.41, 5.74) is 1.65. The standard InChI is InChI=1S/C17H24BrN3O2S2/c1-5-23-10-6-9-21-11(2)14(16(22)20(3)4)15(19-17(21)24)12-7-8-13(18)25-12/h7-8,15H,5-6,9-10H2,1-4H3,(H,19,24). The topological polar surface area (TPSA) is 44.8 Å². The van der Waals surface area contributed by atoms with E-state index in [1.54, 1.807) is 30.3 Å². The maximum absolute atomic E-state index is 12.9. The number of halogens is 1. The van der Waals surface area contributed by atoms with Gasteiger partial charge >= 0.3 is 0 Å². The van der Waals surface area contributed by atoms with E-state index >= 15 is 0 Å². The number of hydrogen-bond donors (Lipinski definition) is 1. The molecule has 8 heteroatoms. The van der Waals surface area contributed by atoms with E-state index in [0.717, 1.165) is 32.9 Å². The smallest absolute Gasteiger partial charge is 0.253 e. The van der Waals surface area contributed by atoms with E-state index in [0.29, 0.717) is 18.3 Å². The highest BCUT2D eigenvalue weighted by Crippen LogP contribution is 2.36. The van der Waals surface area contributed by atoms with Crippen molar-refractivity contribution in [2.24, 2.45) is 0 Å². The summed E-state index contributed by atoms with van der Waals surface area (Å²) in [6.45, 7) is 6.07. The summed E-state index contributed by atoms with van der Waals surface area (Å²) < 4.78 is 6.45. The normalized spacial score (nSPS) is 17.7. The van der Waals surface area contributed by atoms with Crippen molar-refractivity contribution >= 4 is 50.5 Å². The molecule has 1 unspecified atom stereocenters. The predicted octanol–water partition coefficient (Wildman–Crippen LogP) is 3.53. The van der Waals surface area contributed by atoms with Gasteiger partial charge in [0.25, 0.3) is 5.91 Å². The average Bonchev–Trinajstić information content (AvgIpc) is 2.99. The van der Waals surface area contributed by atoms with Crippen LogP contribution in [-0.2, 0) is 9.53 Å². The Morgan fingerprint density at radius 1 is 1.48 bits per heavy atom. The second kappa shape index (κ2) is 9.12. The van der Waals surface area contributed by atoms with Gasteiger partial charge in [-0.1, -0.05) is 0 Å². The van der Waals surface area contributed by atoms with Gasteiger partial charge in [0, 0.05) is 44.4 Å². The van der Waals surface area contributed by atoms with Crippen LogP contribution in [0, 0.1) is 0 Å². The highest BCUT2D eigenvalue weighted by molar-refractivity contribution is 9.11. The van der Waals surface area contributed by atoms with Gasteiger partial charge in [0.05, 0.1) is 15.4 Å². The minimum Gasteiger partial charge on any atom is -0.382 e. The van der Waals surface area contributed by atoms with E-state index in [1.165, 1.54) is 0 Å². The maximum atomic E-state index is 12.9. The monoisotopic (exact) mass is 445 g/mol. The van der Waals surface area contributed by atoms with E-state index in [2.05, 4.69) is 21.2 Å². The third kappa shape index (κ3) is 4.81. The van der Waals surface area contributed by atoms with Gasteiger partial charge in [-0.15, -0.1) is 11.3 Å². The van der Waals surface area contributed by atoms with Gasteiger partial charge in [-0.25, -0.2) is 0 Å². The van der Waals surface area contributed by atoms with Crippen LogP contribution in [0.5, 0.6) is 0 Å². The number of ether oxygens (including phenoxy) is 1. The number of thiophene rings is 1. The van der Waals surface area contributed by atoms with Crippen molar-refractivity contribution in [3.05, 3.63) is 32.1 Å². The van der Waals surface area contributed by atoms with E-state index in [-0.39, 0.29) is 11.9 Å². The summed E-state index contributed by atoms with van der Waals surface area (Å²) in [6, 6.07) is 3.80. The molecule has 1 aliphatic heterocycles. The van der Waals surface area contributed by atoms with E-state index < -0.39 is 0 Å². The summed E-state index contributed by atoms with van der Waals surface area (Å²) >= 11 is 10.7. The predicted molar refractivity (Wildman–Crippen MR) is 110 cm³/mol. The maximum Gasteiger partial charge on any atom is 0.253 e. The SMILES string of the molecule is CCOCCCN1C(=S)NC(c2ccc(Br)s2)C(C(=O)N(C)C)=C1C. The van der Waals surface area contributed by atoms with E-state index in [1.807, 2.05) is 30.9 Å². The first kappa shape index (κ1) is 20.4. The molecule has 1 atom stereocenters. The Morgan fingerprint density at radius 2 is 2.20 bits per heavy atom. The molecular weight excluding hydrogens is 422 g/mol. The molecule has 0 radical (unpaired) electrons. The van der Waals surface area contributed by atoms with E-state index in [9.17, 15) is 4.79 Å². The van der Waals surface area contributed by atoms with Crippen molar-refractivity contribution in [1.29, 1.82) is 0 Å². The Morgan fingerprint density at radius 3 is 2.76 bits per heavy atom. The minimum atomic E-state index is -0.221. The second-order valence-electron chi connectivity index (χ2n) is 5.93. The van der Waals surface area contributed by atoms with Crippen molar-refractivity contribution in [3.63, 3.8) is 0 Å². The number of hydrogen-bond acceptors (Lipinski definition) is 4. The molecule has 1 amide bonds. The van der Waals surface area contributed by atoms with Gasteiger partial charge in [0.1, 0.15) is 0 Å². The van der Waals surface area contributed by atoms with Crippen LogP contribution in [0.3, 0.4) is 0 Å². The van der Waals surface area contributed by atoms with Gasteiger partial charge in [0.2, 0.25) is 0 Å². The van der Waals surface area contributed by atoms with E-state index in [4.69, 9.17) is 17.0 Å². The van der Waals surface area contributed by atoms with Crippen LogP contribution in [0.1, 0.15) is 31.2 Å². The number of nitrogens with one attached hydrogen (secondary N) is 1. The first-order valence-electron chi connectivity index (χ1n) is 8.20. The lowest BCUT2D eigenvalue weighted by atomic mass is 9.99. The van der Waals surface area contributed by atoms with Gasteiger partial charge in [-0.2, -0.15) is 0 Å². The lowest BCUT2D eigenvalue weighted by molar-refractivity contribution is -0.125. The molecule has 1 aliphatic rings. The summed E-state index contributed by atoms with van der Waals surface area (Å²) in [7, 11) is 3.55. The molecule has 0 aliphatic carbocycles. The molecule has 1 N–H and O–H groups in total. The third-order valence-electron chi connectivity index (χ3n) is 3.99. The number of allylic oxidation sites excluding steroid dienone is 1. The van der Waals surface area contributed by atoms with Crippen molar-refractivity contribution in [3.8, 4) is 0 Å². The molecule has 0 saturated carbocycles. The molecule has 0 saturated heterocycles. The van der Waals surface area contributed by atoms with Crippen LogP contribution in [0.4, 0.5) is 0 Å². The molecular formula is C17H24BrN3O2S2. The minimum absolute atomic E-state index is 0.00293. The number of rotatable bonds is 7. The molecule has 0 spiro atoms. The van der Waals surface area contributed by atoms with Crippen LogP contribution in [0.15, 0.2) is 27.2 Å². The first-order chi connectivity index (χ1) is 11.9. The van der Waals surface area contributed by atoms with Gasteiger partial charge in [-0.3, -0.25) is 4.79 Å². The quantitative estimate of drug-likeness (QED) is 0.513. The summed E-state index contributed by atoms with van der Waals surface area (Å²) in [5, 5.41) is 4.01. The Hall–Kier alpha value is -0.960. The summed E-state index contributed by atoms with van der Waals surface area (Å²) in [6.07, 6.45) is 0.853. The second-order valence-corrected chi connectivity index (χ2v) is 8.81. The van der Waals surface area contributed by atoms with Crippen LogP contribution in [0.25, 0.3) is 0 Å². The van der Waals surface area contributed by atoms with Crippen LogP contribution in [-0.4, -0.2) is 54.7 Å². The average molecular weight is 446 g/mol. The van der Waals surface area contributed by atoms with Gasteiger partial charge < -0.3 is 19.9 Å². The fourth-order valence-electron chi connectivity index (χ4n) is 2.73. The Balaban J connectivity index is 2.34. The number of amides is 1. The van der Waals surface area contributed by atoms with Gasteiger partial charge in [-0.05, 0) is 60.5 Å². The Kier molecular flexibility index (Phi) is 7.42. The lowest BCUT2D eigenvalue weighted by Gasteiger charge is -2.38. The molecule has 0 bridgehead atoms. The molecule has 1 aromatic heterocycles. The number of nitrogens with zero attached hydrogens (tertiary/aromatic N) is 2. The number of likely N-dealkylation sites (N-methyl/N-ethyl adjacent to an activating group) is 1. The van der Waals surface area contributed by atoms with Gasteiger partial charge in [0.15, 0.2) is 5.11 Å². The summed E-state index contributed by atoms with van der Waals surface area (Å²) in [4.78, 5) is 17.5. The molecule has 2 rings (SSSR count). The molecule has 0 fully saturated rings. The van der Waals surface area contributed by atoms with Crippen LogP contribution < -0.4 is 5.32 Å². The first-order valence-corrected chi connectivity index (χ1v) is 10.2. The third-order valence-corrected chi connectivity index (χ3v) is 6.01. The van der Waals surface area contributed by atoms with Crippen LogP contribution >= 0.6 is 39.5 Å². The highest BCUT2D eigenvalue weighted by atomic mass is 79.9. The molecule has 0 aromatic carbocycles. The zero-order chi connectivity index (χ0) is 18.6. The van der Waals surface area contributed by atoms with Crippen molar-refractivity contribution < 1.29 is 9.53 Å². The molecule has 2 heterocycles. The fraction of sp³-hybridized carbons (Fsp3) is 0.529. The fourth-order valence-corrected chi connectivity index (χ4v) is 4.57. The van der Waals surface area contributed by atoms with Crippen molar-refractivity contribution in [2.75, 3.05) is 33.9 Å². The van der Waals surface area contributed by atoms with Crippen molar-refractivity contribution in [2.45, 2.75) is 26.3 Å². The molecule has 138 valence electrons. The van der Waals surface area contributed by atoms with Crippen molar-refractivity contribution in [1.82, 2.24) is 15.1 Å². The number of carbonyl (C=O) groups excluding carboxylic acids is 1. The molecule has 1 aromatic rings. The van der Waals surface area contributed by atoms with Crippen LogP contribution in [0.2, 0.25) is 0 Å². The summed E-state index contributed by atoms with van der Waals surface area (Å²) in [5.74, 6) is -0.00293.